The molecule has 0 spiro atoms. The first-order valence-corrected chi connectivity index (χ1v) is 5.50. The second-order valence-electron chi connectivity index (χ2n) is 3.70. The second-order valence-corrected chi connectivity index (χ2v) is 3.70. The predicted octanol–water partition coefficient (Wildman–Crippen LogP) is 1.54. The third-order valence-electron chi connectivity index (χ3n) is 2.63. The summed E-state index contributed by atoms with van der Waals surface area (Å²) < 4.78 is 10.4. The molecule has 5 nitrogen and oxygen atoms in total. The van der Waals surface area contributed by atoms with E-state index in [1.807, 2.05) is 18.2 Å². The number of aromatic nitrogens is 2. The zero-order valence-electron chi connectivity index (χ0n) is 10.3. The maximum absolute atomic E-state index is 6.11. The summed E-state index contributed by atoms with van der Waals surface area (Å²) >= 11 is 0. The summed E-state index contributed by atoms with van der Waals surface area (Å²) in [7, 11) is 3.18. The van der Waals surface area contributed by atoms with Crippen molar-refractivity contribution in [3.8, 4) is 11.5 Å². The molecule has 0 radical (unpaired) electrons. The molecule has 0 saturated heterocycles. The Hall–Kier alpha value is -2.14. The lowest BCUT2D eigenvalue weighted by Gasteiger charge is -2.13. The number of nitrogens with zero attached hydrogens (tertiary/aromatic N) is 2. The first-order chi connectivity index (χ1) is 8.76. The van der Waals surface area contributed by atoms with Crippen LogP contribution in [0, 0.1) is 0 Å². The van der Waals surface area contributed by atoms with Gasteiger partial charge in [-0.15, -0.1) is 0 Å². The zero-order chi connectivity index (χ0) is 13.0. The van der Waals surface area contributed by atoms with Crippen LogP contribution in [-0.4, -0.2) is 24.2 Å². The van der Waals surface area contributed by atoms with Crippen LogP contribution in [0.1, 0.15) is 17.4 Å². The van der Waals surface area contributed by atoms with E-state index in [9.17, 15) is 0 Å². The number of ether oxygens (including phenoxy) is 2. The minimum absolute atomic E-state index is 0.383. The number of rotatable bonds is 4. The van der Waals surface area contributed by atoms with Gasteiger partial charge >= 0.3 is 0 Å². The van der Waals surface area contributed by atoms with Crippen LogP contribution in [0.5, 0.6) is 11.5 Å². The Morgan fingerprint density at radius 1 is 1.06 bits per heavy atom. The SMILES string of the molecule is COc1ccc(C(N)c2ncccn2)cc1OC. The van der Waals surface area contributed by atoms with Gasteiger partial charge in [-0.05, 0) is 23.8 Å². The van der Waals surface area contributed by atoms with Gasteiger partial charge in [0.2, 0.25) is 0 Å². The van der Waals surface area contributed by atoms with Gasteiger partial charge in [0.15, 0.2) is 11.5 Å². The average Bonchev–Trinajstić information content (AvgIpc) is 2.46. The highest BCUT2D eigenvalue weighted by Gasteiger charge is 2.14. The Bertz CT molecular complexity index is 517. The highest BCUT2D eigenvalue weighted by molar-refractivity contribution is 5.44. The molecule has 18 heavy (non-hydrogen) atoms. The number of methoxy groups -OCH3 is 2. The van der Waals surface area contributed by atoms with Crippen LogP contribution >= 0.6 is 0 Å². The highest BCUT2D eigenvalue weighted by atomic mass is 16.5. The molecule has 1 aromatic carbocycles. The topological polar surface area (TPSA) is 70.3 Å². The lowest BCUT2D eigenvalue weighted by Crippen LogP contribution is -2.15. The van der Waals surface area contributed by atoms with Crippen LogP contribution in [0.3, 0.4) is 0 Å². The summed E-state index contributed by atoms with van der Waals surface area (Å²) in [5.41, 5.74) is 6.98. The fraction of sp³-hybridized carbons (Fsp3) is 0.231. The van der Waals surface area contributed by atoms with Crippen molar-refractivity contribution in [2.45, 2.75) is 6.04 Å². The molecule has 1 heterocycles. The monoisotopic (exact) mass is 245 g/mol. The van der Waals surface area contributed by atoms with Crippen molar-refractivity contribution >= 4 is 0 Å². The first-order valence-electron chi connectivity index (χ1n) is 5.50. The molecule has 2 aromatic rings. The van der Waals surface area contributed by atoms with E-state index in [1.165, 1.54) is 0 Å². The standard InChI is InChI=1S/C13H15N3O2/c1-17-10-5-4-9(8-11(10)18-2)12(14)13-15-6-3-7-16-13/h3-8,12H,14H2,1-2H3. The summed E-state index contributed by atoms with van der Waals surface area (Å²) in [6.07, 6.45) is 3.34. The smallest absolute Gasteiger partial charge is 0.161 e. The zero-order valence-corrected chi connectivity index (χ0v) is 10.3. The fourth-order valence-electron chi connectivity index (χ4n) is 1.67. The molecule has 1 atom stereocenters. The third-order valence-corrected chi connectivity index (χ3v) is 2.63. The summed E-state index contributed by atoms with van der Waals surface area (Å²) in [6, 6.07) is 6.90. The van der Waals surface area contributed by atoms with Crippen molar-refractivity contribution in [2.24, 2.45) is 5.73 Å². The number of hydrogen-bond acceptors (Lipinski definition) is 5. The minimum Gasteiger partial charge on any atom is -0.493 e. The van der Waals surface area contributed by atoms with E-state index >= 15 is 0 Å². The molecule has 2 N–H and O–H groups in total. The average molecular weight is 245 g/mol. The molecule has 94 valence electrons. The van der Waals surface area contributed by atoms with Crippen molar-refractivity contribution in [1.82, 2.24) is 9.97 Å². The maximum Gasteiger partial charge on any atom is 0.161 e. The highest BCUT2D eigenvalue weighted by Crippen LogP contribution is 2.30. The van der Waals surface area contributed by atoms with Gasteiger partial charge in [-0.2, -0.15) is 0 Å². The lowest BCUT2D eigenvalue weighted by molar-refractivity contribution is 0.354. The molecular formula is C13H15N3O2. The summed E-state index contributed by atoms with van der Waals surface area (Å²) in [4.78, 5) is 8.29. The molecule has 0 fully saturated rings. The van der Waals surface area contributed by atoms with E-state index < -0.39 is 0 Å². The van der Waals surface area contributed by atoms with Crippen LogP contribution < -0.4 is 15.2 Å². The minimum atomic E-state index is -0.383. The third kappa shape index (κ3) is 2.41. The van der Waals surface area contributed by atoms with Crippen LogP contribution in [0.15, 0.2) is 36.7 Å². The Kier molecular flexibility index (Phi) is 3.74. The predicted molar refractivity (Wildman–Crippen MR) is 67.6 cm³/mol. The molecule has 1 unspecified atom stereocenters. The Balaban J connectivity index is 2.34. The van der Waals surface area contributed by atoms with Crippen molar-refractivity contribution in [2.75, 3.05) is 14.2 Å². The molecular weight excluding hydrogens is 230 g/mol. The fourth-order valence-corrected chi connectivity index (χ4v) is 1.67. The van der Waals surface area contributed by atoms with Gasteiger partial charge in [0, 0.05) is 12.4 Å². The van der Waals surface area contributed by atoms with E-state index in [0.717, 1.165) is 5.56 Å². The van der Waals surface area contributed by atoms with Gasteiger partial charge in [-0.25, -0.2) is 9.97 Å². The molecule has 2 rings (SSSR count). The molecule has 0 amide bonds. The van der Waals surface area contributed by atoms with Crippen molar-refractivity contribution in [3.63, 3.8) is 0 Å². The van der Waals surface area contributed by atoms with E-state index in [0.29, 0.717) is 17.3 Å². The number of hydrogen-bond donors (Lipinski definition) is 1. The van der Waals surface area contributed by atoms with E-state index in [2.05, 4.69) is 9.97 Å². The van der Waals surface area contributed by atoms with E-state index in [1.54, 1.807) is 32.7 Å². The van der Waals surface area contributed by atoms with Crippen LogP contribution in [-0.2, 0) is 0 Å². The van der Waals surface area contributed by atoms with Crippen molar-refractivity contribution in [1.29, 1.82) is 0 Å². The number of nitrogens with two attached hydrogens (primary N) is 1. The van der Waals surface area contributed by atoms with Crippen molar-refractivity contribution in [3.05, 3.63) is 48.0 Å². The van der Waals surface area contributed by atoms with E-state index in [4.69, 9.17) is 15.2 Å². The van der Waals surface area contributed by atoms with Gasteiger partial charge in [-0.1, -0.05) is 6.07 Å². The van der Waals surface area contributed by atoms with Gasteiger partial charge in [-0.3, -0.25) is 0 Å². The molecule has 0 saturated carbocycles. The molecule has 0 aliphatic carbocycles. The Morgan fingerprint density at radius 3 is 2.33 bits per heavy atom. The van der Waals surface area contributed by atoms with Crippen LogP contribution in [0.25, 0.3) is 0 Å². The molecule has 0 aliphatic heterocycles. The largest absolute Gasteiger partial charge is 0.493 e. The van der Waals surface area contributed by atoms with Gasteiger partial charge in [0.25, 0.3) is 0 Å². The number of benzene rings is 1. The quantitative estimate of drug-likeness (QED) is 0.884. The molecule has 0 aliphatic rings. The maximum atomic E-state index is 6.11. The summed E-state index contributed by atoms with van der Waals surface area (Å²) in [6.45, 7) is 0. The van der Waals surface area contributed by atoms with E-state index in [-0.39, 0.29) is 6.04 Å². The molecule has 1 aromatic heterocycles. The van der Waals surface area contributed by atoms with Gasteiger partial charge in [0.1, 0.15) is 5.82 Å². The summed E-state index contributed by atoms with van der Waals surface area (Å²) in [5.74, 6) is 1.88. The summed E-state index contributed by atoms with van der Waals surface area (Å²) in [5, 5.41) is 0. The Labute approximate surface area is 106 Å². The van der Waals surface area contributed by atoms with Crippen LogP contribution in [0.2, 0.25) is 0 Å². The van der Waals surface area contributed by atoms with Crippen molar-refractivity contribution < 1.29 is 9.47 Å². The normalized spacial score (nSPS) is 11.9. The van der Waals surface area contributed by atoms with Crippen LogP contribution in [0.4, 0.5) is 0 Å². The van der Waals surface area contributed by atoms with Gasteiger partial charge < -0.3 is 15.2 Å². The molecule has 0 bridgehead atoms. The Morgan fingerprint density at radius 2 is 1.72 bits per heavy atom. The lowest BCUT2D eigenvalue weighted by atomic mass is 10.1. The van der Waals surface area contributed by atoms with Gasteiger partial charge in [0.05, 0.1) is 20.3 Å². The first kappa shape index (κ1) is 12.3. The molecule has 5 heteroatoms. The second kappa shape index (κ2) is 5.46.